The van der Waals surface area contributed by atoms with Crippen LogP contribution >= 0.6 is 11.8 Å². The van der Waals surface area contributed by atoms with Gasteiger partial charge in [0.1, 0.15) is 11.6 Å². The maximum absolute atomic E-state index is 14.5. The third kappa shape index (κ3) is 2.60. The monoisotopic (exact) mass is 358 g/mol. The molecule has 25 heavy (non-hydrogen) atoms. The zero-order valence-electron chi connectivity index (χ0n) is 13.9. The van der Waals surface area contributed by atoms with Crippen molar-refractivity contribution in [2.24, 2.45) is 4.99 Å². The molecule has 2 heterocycles. The summed E-state index contributed by atoms with van der Waals surface area (Å²) >= 11 is 1.43. The van der Waals surface area contributed by atoms with E-state index >= 15 is 0 Å². The van der Waals surface area contributed by atoms with Crippen LogP contribution < -0.4 is 4.74 Å². The van der Waals surface area contributed by atoms with Gasteiger partial charge in [-0.15, -0.1) is 0 Å². The normalized spacial score (nSPS) is 25.5. The van der Waals surface area contributed by atoms with Gasteiger partial charge in [-0.2, -0.15) is 0 Å². The van der Waals surface area contributed by atoms with Crippen molar-refractivity contribution in [2.45, 2.75) is 17.4 Å². The highest BCUT2D eigenvalue weighted by Crippen LogP contribution is 2.55. The van der Waals surface area contributed by atoms with Crippen molar-refractivity contribution in [1.82, 2.24) is 4.90 Å². The zero-order chi connectivity index (χ0) is 17.4. The molecular formula is C19H19FN2O2S. The van der Waals surface area contributed by atoms with E-state index in [4.69, 9.17) is 4.74 Å². The van der Waals surface area contributed by atoms with Gasteiger partial charge in [0.25, 0.3) is 0 Å². The van der Waals surface area contributed by atoms with E-state index in [0.29, 0.717) is 23.4 Å². The van der Waals surface area contributed by atoms with Crippen LogP contribution in [0.25, 0.3) is 0 Å². The van der Waals surface area contributed by atoms with Crippen LogP contribution in [0.4, 0.5) is 4.39 Å². The molecule has 2 aliphatic rings. The molecule has 4 nitrogen and oxygen atoms in total. The number of halogens is 1. The highest BCUT2D eigenvalue weighted by atomic mass is 32.2. The highest BCUT2D eigenvalue weighted by molar-refractivity contribution is 8.14. The van der Waals surface area contributed by atoms with Crippen LogP contribution in [0.2, 0.25) is 0 Å². The molecule has 0 aromatic heterocycles. The molecule has 2 aliphatic heterocycles. The fourth-order valence-corrected chi connectivity index (χ4v) is 4.92. The number of aliphatic hydroxyl groups is 1. The highest BCUT2D eigenvalue weighted by Gasteiger charge is 2.54. The van der Waals surface area contributed by atoms with Crippen molar-refractivity contribution >= 4 is 16.9 Å². The van der Waals surface area contributed by atoms with Crippen molar-refractivity contribution in [1.29, 1.82) is 0 Å². The predicted molar refractivity (Wildman–Crippen MR) is 97.2 cm³/mol. The molecule has 2 aromatic rings. The fourth-order valence-electron chi connectivity index (χ4n) is 3.44. The number of methoxy groups -OCH3 is 1. The van der Waals surface area contributed by atoms with E-state index in [0.717, 1.165) is 18.1 Å². The van der Waals surface area contributed by atoms with E-state index < -0.39 is 11.0 Å². The van der Waals surface area contributed by atoms with Crippen molar-refractivity contribution in [3.8, 4) is 5.75 Å². The van der Waals surface area contributed by atoms with Crippen LogP contribution in [0.15, 0.2) is 53.5 Å². The molecule has 2 atom stereocenters. The number of hydrogen-bond acceptors (Lipinski definition) is 5. The Morgan fingerprint density at radius 3 is 2.72 bits per heavy atom. The first-order valence-electron chi connectivity index (χ1n) is 8.24. The third-order valence-corrected chi connectivity index (χ3v) is 6.10. The molecule has 6 heteroatoms. The van der Waals surface area contributed by atoms with Crippen LogP contribution in [0, 0.1) is 5.82 Å². The molecular weight excluding hydrogens is 339 g/mol. The summed E-state index contributed by atoms with van der Waals surface area (Å²) in [7, 11) is 1.60. The molecule has 1 N–H and O–H groups in total. The minimum atomic E-state index is -1.35. The lowest BCUT2D eigenvalue weighted by Gasteiger charge is -2.39. The van der Waals surface area contributed by atoms with Gasteiger partial charge < -0.3 is 14.7 Å². The van der Waals surface area contributed by atoms with E-state index in [-0.39, 0.29) is 5.82 Å². The van der Waals surface area contributed by atoms with Crippen LogP contribution in [0.1, 0.15) is 22.8 Å². The SMILES string of the molecule is COc1ccc(C2(O)C(c3ccccc3F)SC3=NCCCN32)cc1. The smallest absolute Gasteiger partial charge is 0.182 e. The summed E-state index contributed by atoms with van der Waals surface area (Å²) in [5.74, 6) is 0.403. The van der Waals surface area contributed by atoms with Crippen LogP contribution in [0.5, 0.6) is 5.75 Å². The average Bonchev–Trinajstić information content (AvgIpc) is 2.96. The first-order chi connectivity index (χ1) is 12.1. The lowest BCUT2D eigenvalue weighted by Crippen LogP contribution is -2.47. The number of benzene rings is 2. The number of nitrogens with zero attached hydrogens (tertiary/aromatic N) is 2. The summed E-state index contributed by atoms with van der Waals surface area (Å²) in [5, 5.41) is 12.1. The second-order valence-electron chi connectivity index (χ2n) is 6.14. The molecule has 1 fully saturated rings. The van der Waals surface area contributed by atoms with Gasteiger partial charge in [0.2, 0.25) is 0 Å². The van der Waals surface area contributed by atoms with Crippen molar-refractivity contribution in [2.75, 3.05) is 20.2 Å². The molecule has 0 saturated carbocycles. The van der Waals surface area contributed by atoms with Gasteiger partial charge in [-0.25, -0.2) is 4.39 Å². The van der Waals surface area contributed by atoms with Gasteiger partial charge in [0.05, 0.1) is 12.4 Å². The maximum Gasteiger partial charge on any atom is 0.182 e. The molecule has 0 spiro atoms. The number of rotatable bonds is 3. The summed E-state index contributed by atoms with van der Waals surface area (Å²) in [5.41, 5.74) is -0.151. The van der Waals surface area contributed by atoms with Crippen molar-refractivity contribution in [3.05, 3.63) is 65.5 Å². The van der Waals surface area contributed by atoms with Crippen molar-refractivity contribution in [3.63, 3.8) is 0 Å². The maximum atomic E-state index is 14.5. The van der Waals surface area contributed by atoms with E-state index in [9.17, 15) is 9.50 Å². The quantitative estimate of drug-likeness (QED) is 0.912. The standard InChI is InChI=1S/C19H19FN2O2S/c1-24-14-9-7-13(8-10-14)19(23)17(15-5-2-3-6-16(15)20)25-18-21-11-4-12-22(18)19/h2-3,5-10,17,23H,4,11-12H2,1H3. The fraction of sp³-hybridized carbons (Fsp3) is 0.316. The Labute approximate surface area is 150 Å². The summed E-state index contributed by atoms with van der Waals surface area (Å²) < 4.78 is 19.7. The molecule has 0 bridgehead atoms. The van der Waals surface area contributed by atoms with E-state index in [1.807, 2.05) is 29.2 Å². The molecule has 4 rings (SSSR count). The number of amidine groups is 1. The number of hydrogen-bond donors (Lipinski definition) is 1. The lowest BCUT2D eigenvalue weighted by atomic mass is 9.92. The summed E-state index contributed by atoms with van der Waals surface area (Å²) in [6.07, 6.45) is 0.868. The van der Waals surface area contributed by atoms with E-state index in [1.165, 1.54) is 17.8 Å². The Hall–Kier alpha value is -2.05. The zero-order valence-corrected chi connectivity index (χ0v) is 14.7. The number of ether oxygens (including phenoxy) is 1. The van der Waals surface area contributed by atoms with E-state index in [1.54, 1.807) is 25.3 Å². The third-order valence-electron chi connectivity index (χ3n) is 4.72. The molecule has 2 unspecified atom stereocenters. The summed E-state index contributed by atoms with van der Waals surface area (Å²) in [6, 6.07) is 13.9. The molecule has 2 aromatic carbocycles. The summed E-state index contributed by atoms with van der Waals surface area (Å²) in [6.45, 7) is 1.43. The van der Waals surface area contributed by atoms with Crippen LogP contribution in [0.3, 0.4) is 0 Å². The molecule has 0 amide bonds. The molecule has 130 valence electrons. The van der Waals surface area contributed by atoms with Gasteiger partial charge in [-0.1, -0.05) is 42.1 Å². The Morgan fingerprint density at radius 2 is 2.00 bits per heavy atom. The molecule has 0 radical (unpaired) electrons. The topological polar surface area (TPSA) is 45.1 Å². The van der Waals surface area contributed by atoms with Crippen molar-refractivity contribution < 1.29 is 14.2 Å². The first-order valence-corrected chi connectivity index (χ1v) is 9.12. The van der Waals surface area contributed by atoms with Crippen LogP contribution in [-0.4, -0.2) is 35.4 Å². The van der Waals surface area contributed by atoms with Gasteiger partial charge >= 0.3 is 0 Å². The van der Waals surface area contributed by atoms with Gasteiger partial charge in [0, 0.05) is 24.2 Å². The van der Waals surface area contributed by atoms with Gasteiger partial charge in [0.15, 0.2) is 10.9 Å². The molecule has 1 saturated heterocycles. The largest absolute Gasteiger partial charge is 0.497 e. The van der Waals surface area contributed by atoms with Crippen LogP contribution in [-0.2, 0) is 5.72 Å². The minimum absolute atomic E-state index is 0.313. The minimum Gasteiger partial charge on any atom is -0.497 e. The Bertz CT molecular complexity index is 811. The van der Waals surface area contributed by atoms with Gasteiger partial charge in [-0.05, 0) is 24.6 Å². The second kappa shape index (κ2) is 6.35. The Balaban J connectivity index is 1.85. The molecule has 0 aliphatic carbocycles. The summed E-state index contributed by atoms with van der Waals surface area (Å²) in [4.78, 5) is 6.45. The Kier molecular flexibility index (Phi) is 4.17. The number of aliphatic imine (C=N–C) groups is 1. The lowest BCUT2D eigenvalue weighted by molar-refractivity contribution is -0.0737. The number of thioether (sulfide) groups is 1. The average molecular weight is 358 g/mol. The second-order valence-corrected chi connectivity index (χ2v) is 7.22. The Morgan fingerprint density at radius 1 is 1.24 bits per heavy atom. The predicted octanol–water partition coefficient (Wildman–Crippen LogP) is 3.53. The van der Waals surface area contributed by atoms with Gasteiger partial charge in [-0.3, -0.25) is 4.99 Å². The first kappa shape index (κ1) is 16.4. The number of fused-ring (bicyclic) bond motifs is 1. The van der Waals surface area contributed by atoms with E-state index in [2.05, 4.69) is 4.99 Å².